The third-order valence-corrected chi connectivity index (χ3v) is 5.39. The van der Waals surface area contributed by atoms with Crippen molar-refractivity contribution in [2.75, 3.05) is 0 Å². The first-order chi connectivity index (χ1) is 14.0. The number of aliphatic imine (C=N–C) groups is 1. The number of hydrogen-bond donors (Lipinski definition) is 0. The van der Waals surface area contributed by atoms with E-state index in [-0.39, 0.29) is 0 Å². The van der Waals surface area contributed by atoms with Gasteiger partial charge in [-0.05, 0) is 62.7 Å². The van der Waals surface area contributed by atoms with E-state index in [4.69, 9.17) is 9.73 Å². The quantitative estimate of drug-likeness (QED) is 0.183. The number of ether oxygens (including phenoxy) is 1. The molecule has 0 radical (unpaired) electrons. The zero-order valence-corrected chi connectivity index (χ0v) is 17.9. The van der Waals surface area contributed by atoms with Gasteiger partial charge >= 0.3 is 0 Å². The van der Waals surface area contributed by atoms with Gasteiger partial charge in [0.25, 0.3) is 0 Å². The van der Waals surface area contributed by atoms with Gasteiger partial charge in [0.05, 0.1) is 11.9 Å². The van der Waals surface area contributed by atoms with Gasteiger partial charge in [0.1, 0.15) is 10.8 Å². The van der Waals surface area contributed by atoms with Gasteiger partial charge in [-0.15, -0.1) is 0 Å². The largest absolute Gasteiger partial charge is 0.465 e. The zero-order chi connectivity index (χ0) is 20.6. The van der Waals surface area contributed by atoms with Crippen LogP contribution in [0, 0.1) is 13.8 Å². The summed E-state index contributed by atoms with van der Waals surface area (Å²) in [6, 6.07) is 24.5. The Hall–Kier alpha value is -3.04. The average molecular weight is 400 g/mol. The van der Waals surface area contributed by atoms with Crippen molar-refractivity contribution < 1.29 is 4.74 Å². The highest BCUT2D eigenvalue weighted by molar-refractivity contribution is 8.14. The van der Waals surface area contributed by atoms with Crippen LogP contribution >= 0.6 is 11.8 Å². The summed E-state index contributed by atoms with van der Waals surface area (Å²) < 4.78 is 5.88. The van der Waals surface area contributed by atoms with Crippen LogP contribution in [0.2, 0.25) is 0 Å². The molecule has 0 saturated heterocycles. The molecule has 3 aromatic rings. The van der Waals surface area contributed by atoms with Crippen LogP contribution in [0.15, 0.2) is 101 Å². The Balaban J connectivity index is 1.87. The highest BCUT2D eigenvalue weighted by Gasteiger charge is 2.08. The van der Waals surface area contributed by atoms with Gasteiger partial charge in [-0.2, -0.15) is 0 Å². The molecule has 0 aromatic heterocycles. The van der Waals surface area contributed by atoms with Crippen LogP contribution in [0.3, 0.4) is 0 Å². The molecule has 0 saturated carbocycles. The minimum absolute atomic E-state index is 0.783. The lowest BCUT2D eigenvalue weighted by Crippen LogP contribution is -1.97. The van der Waals surface area contributed by atoms with Crippen LogP contribution in [0.1, 0.15) is 23.6 Å². The minimum atomic E-state index is 0.783. The molecule has 0 heterocycles. The van der Waals surface area contributed by atoms with Crippen molar-refractivity contribution in [2.24, 2.45) is 4.99 Å². The highest BCUT2D eigenvalue weighted by Crippen LogP contribution is 2.27. The second-order valence-electron chi connectivity index (χ2n) is 6.86. The van der Waals surface area contributed by atoms with Gasteiger partial charge in [-0.25, -0.2) is 4.99 Å². The van der Waals surface area contributed by atoms with Gasteiger partial charge < -0.3 is 4.74 Å². The summed E-state index contributed by atoms with van der Waals surface area (Å²) in [5.41, 5.74) is 5.40. The zero-order valence-electron chi connectivity index (χ0n) is 17.1. The fraction of sp³-hybridized carbons (Fsp3) is 0.115. The maximum atomic E-state index is 5.88. The molecule has 3 aromatic carbocycles. The number of benzene rings is 3. The molecule has 29 heavy (non-hydrogen) atoms. The second kappa shape index (κ2) is 9.94. The molecule has 3 heteroatoms. The van der Waals surface area contributed by atoms with Crippen LogP contribution in [-0.2, 0) is 0 Å². The summed E-state index contributed by atoms with van der Waals surface area (Å²) in [7, 11) is 0. The monoisotopic (exact) mass is 399 g/mol. The smallest absolute Gasteiger partial charge is 0.126 e. The van der Waals surface area contributed by atoms with Gasteiger partial charge in [-0.3, -0.25) is 0 Å². The fourth-order valence-corrected chi connectivity index (χ4v) is 3.58. The molecule has 0 aliphatic carbocycles. The lowest BCUT2D eigenvalue weighted by molar-refractivity contribution is 0.478. The molecule has 0 N–H and O–H groups in total. The van der Waals surface area contributed by atoms with Crippen molar-refractivity contribution >= 4 is 28.6 Å². The number of nitrogens with zero attached hydrogens (tertiary/aromatic N) is 1. The fourth-order valence-electron chi connectivity index (χ4n) is 2.61. The molecule has 0 unspecified atom stereocenters. The average Bonchev–Trinajstić information content (AvgIpc) is 2.73. The molecule has 0 atom stereocenters. The van der Waals surface area contributed by atoms with Gasteiger partial charge in [0.15, 0.2) is 0 Å². The van der Waals surface area contributed by atoms with Crippen LogP contribution < -0.4 is 4.74 Å². The van der Waals surface area contributed by atoms with E-state index < -0.39 is 0 Å². The molecular formula is C26H25NOS. The van der Waals surface area contributed by atoms with Crippen LogP contribution in [0.5, 0.6) is 5.75 Å². The number of hydrogen-bond acceptors (Lipinski definition) is 3. The Morgan fingerprint density at radius 1 is 0.931 bits per heavy atom. The van der Waals surface area contributed by atoms with Gasteiger partial charge in [0, 0.05) is 10.5 Å². The third kappa shape index (κ3) is 6.23. The molecule has 0 aliphatic rings. The summed E-state index contributed by atoms with van der Waals surface area (Å²) in [5.74, 6) is 0.783. The second-order valence-corrected chi connectivity index (χ2v) is 7.93. The van der Waals surface area contributed by atoms with Crippen molar-refractivity contribution in [2.45, 2.75) is 25.7 Å². The molecule has 0 aliphatic heterocycles. The molecule has 0 bridgehead atoms. The number of rotatable bonds is 6. The minimum Gasteiger partial charge on any atom is -0.465 e. The van der Waals surface area contributed by atoms with Crippen LogP contribution in [0.25, 0.3) is 6.08 Å². The van der Waals surface area contributed by atoms with E-state index in [0.29, 0.717) is 0 Å². The Bertz CT molecular complexity index is 1030. The van der Waals surface area contributed by atoms with Crippen molar-refractivity contribution in [3.8, 4) is 5.75 Å². The van der Waals surface area contributed by atoms with Crippen molar-refractivity contribution in [3.63, 3.8) is 0 Å². The lowest BCUT2D eigenvalue weighted by Gasteiger charge is -2.09. The summed E-state index contributed by atoms with van der Waals surface area (Å²) in [6.45, 7) is 9.97. The molecule has 3 rings (SSSR count). The highest BCUT2D eigenvalue weighted by atomic mass is 32.2. The Kier molecular flexibility index (Phi) is 7.09. The van der Waals surface area contributed by atoms with E-state index in [2.05, 4.69) is 56.8 Å². The predicted octanol–water partition coefficient (Wildman–Crippen LogP) is 7.75. The molecule has 0 spiro atoms. The van der Waals surface area contributed by atoms with E-state index in [1.807, 2.05) is 49.4 Å². The molecule has 0 amide bonds. The Morgan fingerprint density at radius 2 is 1.66 bits per heavy atom. The number of thioether (sulfide) groups is 1. The maximum Gasteiger partial charge on any atom is 0.126 e. The summed E-state index contributed by atoms with van der Waals surface area (Å²) in [5, 5.41) is 0.905. The van der Waals surface area contributed by atoms with Crippen molar-refractivity contribution in [3.05, 3.63) is 108 Å². The normalized spacial score (nSPS) is 12.0. The summed E-state index contributed by atoms with van der Waals surface area (Å²) in [6.07, 6.45) is 3.58. The Labute approximate surface area is 177 Å². The topological polar surface area (TPSA) is 21.6 Å². The molecule has 0 fully saturated rings. The Morgan fingerprint density at radius 3 is 2.31 bits per heavy atom. The van der Waals surface area contributed by atoms with Gasteiger partial charge in [-0.1, -0.05) is 71.9 Å². The molecule has 146 valence electrons. The summed E-state index contributed by atoms with van der Waals surface area (Å²) in [4.78, 5) is 6.03. The van der Waals surface area contributed by atoms with Crippen molar-refractivity contribution in [1.82, 2.24) is 0 Å². The molecule has 2 nitrogen and oxygen atoms in total. The maximum absolute atomic E-state index is 5.88. The standard InChI is InChI=1S/C26H25NOS/c1-5-22-11-15-24(16-12-22)28-18-21(4)26(27-23-13-9-19(2)10-14-23)29-25-8-6-7-20(3)17-25/h5-18H,1H2,2-4H3/b21-18+,27-26?. The van der Waals surface area contributed by atoms with E-state index in [9.17, 15) is 0 Å². The van der Waals surface area contributed by atoms with E-state index in [0.717, 1.165) is 32.5 Å². The number of aryl methyl sites for hydroxylation is 2. The third-order valence-electron chi connectivity index (χ3n) is 4.29. The lowest BCUT2D eigenvalue weighted by atomic mass is 10.2. The first-order valence-corrected chi connectivity index (χ1v) is 10.3. The van der Waals surface area contributed by atoms with E-state index >= 15 is 0 Å². The van der Waals surface area contributed by atoms with Gasteiger partial charge in [0.2, 0.25) is 0 Å². The first-order valence-electron chi connectivity index (χ1n) is 9.49. The SMILES string of the molecule is C=Cc1ccc(O/C=C(\C)C(=Nc2ccc(C)cc2)Sc2cccc(C)c2)cc1. The molecular weight excluding hydrogens is 374 g/mol. The summed E-state index contributed by atoms with van der Waals surface area (Å²) >= 11 is 1.64. The predicted molar refractivity (Wildman–Crippen MR) is 126 cm³/mol. The van der Waals surface area contributed by atoms with Crippen LogP contribution in [-0.4, -0.2) is 5.04 Å². The van der Waals surface area contributed by atoms with E-state index in [1.165, 1.54) is 11.1 Å². The van der Waals surface area contributed by atoms with Crippen molar-refractivity contribution in [1.29, 1.82) is 0 Å². The van der Waals surface area contributed by atoms with Crippen LogP contribution in [0.4, 0.5) is 5.69 Å². The van der Waals surface area contributed by atoms with E-state index in [1.54, 1.807) is 18.0 Å². The first kappa shape index (κ1) is 20.7.